The van der Waals surface area contributed by atoms with Gasteiger partial charge in [0.2, 0.25) is 0 Å². The Hall–Kier alpha value is -5.54. The highest BCUT2D eigenvalue weighted by atomic mass is 16.4. The third-order valence-corrected chi connectivity index (χ3v) is 8.87. The highest BCUT2D eigenvalue weighted by molar-refractivity contribution is 6.05. The number of carbonyl (C=O) groups excluding carboxylic acids is 2. The van der Waals surface area contributed by atoms with Crippen LogP contribution in [0, 0.1) is 27.7 Å². The molecule has 14 nitrogen and oxygen atoms in total. The molecule has 0 bridgehead atoms. The van der Waals surface area contributed by atoms with E-state index in [1.807, 2.05) is 52.0 Å². The van der Waals surface area contributed by atoms with Crippen molar-refractivity contribution in [3.8, 4) is 11.1 Å². The lowest BCUT2D eigenvalue weighted by atomic mass is 9.94. The molecule has 4 aromatic rings. The van der Waals surface area contributed by atoms with E-state index >= 15 is 0 Å². The second-order valence-electron chi connectivity index (χ2n) is 12.4. The highest BCUT2D eigenvalue weighted by Crippen LogP contribution is 2.34. The molecule has 0 aliphatic carbocycles. The van der Waals surface area contributed by atoms with Crippen LogP contribution in [-0.2, 0) is 22.7 Å². The number of nitrogens with one attached hydrogen (secondary N) is 4. The molecule has 4 rings (SSSR count). The number of aromatic nitrogens is 2. The number of aryl methyl sites for hydroxylation is 2. The predicted octanol–water partition coefficient (Wildman–Crippen LogP) is 3.73. The SMILES string of the molecule is Cc1cc(C(=O)Nc2cccc(-c3cccc(NC(=O)c4cc(C)c(CN[C@H](CCO)C(=O)O)cn4)c3C)c2C)ncc1CN[C@H](CCO)C(=O)O. The Labute approximate surface area is 301 Å². The van der Waals surface area contributed by atoms with E-state index in [-0.39, 0.29) is 50.5 Å². The lowest BCUT2D eigenvalue weighted by Crippen LogP contribution is -2.37. The van der Waals surface area contributed by atoms with Crippen LogP contribution in [0.1, 0.15) is 67.2 Å². The number of benzene rings is 2. The molecule has 0 aliphatic heterocycles. The van der Waals surface area contributed by atoms with Crippen molar-refractivity contribution in [1.82, 2.24) is 20.6 Å². The second kappa shape index (κ2) is 18.1. The number of aliphatic carboxylic acids is 2. The van der Waals surface area contributed by atoms with Crippen LogP contribution in [0.5, 0.6) is 0 Å². The van der Waals surface area contributed by atoms with Crippen LogP contribution in [0.3, 0.4) is 0 Å². The first-order valence-electron chi connectivity index (χ1n) is 16.7. The van der Waals surface area contributed by atoms with E-state index in [1.165, 1.54) is 12.4 Å². The van der Waals surface area contributed by atoms with Crippen LogP contribution >= 0.6 is 0 Å². The van der Waals surface area contributed by atoms with E-state index in [2.05, 4.69) is 31.2 Å². The molecule has 0 saturated carbocycles. The molecule has 0 fully saturated rings. The van der Waals surface area contributed by atoms with Gasteiger partial charge in [-0.3, -0.25) is 29.1 Å². The van der Waals surface area contributed by atoms with Gasteiger partial charge in [0.25, 0.3) is 11.8 Å². The molecule has 0 saturated heterocycles. The molecule has 274 valence electrons. The summed E-state index contributed by atoms with van der Waals surface area (Å²) >= 11 is 0. The van der Waals surface area contributed by atoms with Gasteiger partial charge in [-0.1, -0.05) is 24.3 Å². The first-order valence-corrected chi connectivity index (χ1v) is 16.7. The zero-order valence-corrected chi connectivity index (χ0v) is 29.5. The van der Waals surface area contributed by atoms with Crippen molar-refractivity contribution in [1.29, 1.82) is 0 Å². The number of carboxylic acid groups (broad SMARTS) is 2. The third kappa shape index (κ3) is 9.82. The lowest BCUT2D eigenvalue weighted by Gasteiger charge is -2.17. The summed E-state index contributed by atoms with van der Waals surface area (Å²) in [5, 5.41) is 48.5. The number of hydrogen-bond donors (Lipinski definition) is 8. The first kappa shape index (κ1) is 39.2. The highest BCUT2D eigenvalue weighted by Gasteiger charge is 2.20. The fraction of sp³-hybridized carbons (Fsp3) is 0.316. The van der Waals surface area contributed by atoms with Crippen LogP contribution in [0.15, 0.2) is 60.9 Å². The average Bonchev–Trinajstić information content (AvgIpc) is 3.11. The Morgan fingerprint density at radius 3 is 1.35 bits per heavy atom. The molecule has 2 aromatic heterocycles. The Balaban J connectivity index is 1.46. The van der Waals surface area contributed by atoms with Crippen molar-refractivity contribution in [2.24, 2.45) is 0 Å². The Morgan fingerprint density at radius 1 is 0.635 bits per heavy atom. The summed E-state index contributed by atoms with van der Waals surface area (Å²) < 4.78 is 0. The summed E-state index contributed by atoms with van der Waals surface area (Å²) in [6.07, 6.45) is 3.19. The van der Waals surface area contributed by atoms with Gasteiger partial charge >= 0.3 is 11.9 Å². The zero-order chi connectivity index (χ0) is 37.9. The van der Waals surface area contributed by atoms with Crippen LogP contribution in [0.2, 0.25) is 0 Å². The Kier molecular flexibility index (Phi) is 13.7. The van der Waals surface area contributed by atoms with Gasteiger partial charge in [0, 0.05) is 50.1 Å². The van der Waals surface area contributed by atoms with Crippen molar-refractivity contribution < 1.29 is 39.6 Å². The minimum absolute atomic E-state index is 0.0669. The van der Waals surface area contributed by atoms with Gasteiger partial charge in [0.1, 0.15) is 23.5 Å². The quantitative estimate of drug-likeness (QED) is 0.0785. The molecular weight excluding hydrogens is 668 g/mol. The number of nitrogens with zero attached hydrogens (tertiary/aromatic N) is 2. The molecule has 52 heavy (non-hydrogen) atoms. The number of aliphatic hydroxyl groups excluding tert-OH is 2. The minimum Gasteiger partial charge on any atom is -0.480 e. The molecule has 2 heterocycles. The summed E-state index contributed by atoms with van der Waals surface area (Å²) in [4.78, 5) is 57.9. The molecule has 0 radical (unpaired) electrons. The topological polar surface area (TPSA) is 223 Å². The minimum atomic E-state index is -1.06. The molecule has 0 spiro atoms. The van der Waals surface area contributed by atoms with Gasteiger partial charge in [-0.15, -0.1) is 0 Å². The maximum absolute atomic E-state index is 13.3. The standard InChI is InChI=1S/C38H44N6O8/c1-21-15-33(41-19-25(21)17-39-31(11-13-45)37(49)50)35(47)43-29-9-5-7-27(23(29)3)28-8-6-10-30(24(28)4)44-36(48)34-16-22(2)26(20-42-34)18-40-32(12-14-46)38(51)52/h5-10,15-16,19-20,31-32,39-40,45-46H,11-14,17-18H2,1-4H3,(H,43,47)(H,44,48)(H,49,50)(H,51,52)/t31-,32-/m1/s1. The van der Waals surface area contributed by atoms with E-state index in [0.29, 0.717) is 11.4 Å². The van der Waals surface area contributed by atoms with Crippen molar-refractivity contribution >= 4 is 35.1 Å². The molecule has 14 heteroatoms. The van der Waals surface area contributed by atoms with Crippen LogP contribution in [0.4, 0.5) is 11.4 Å². The summed E-state index contributed by atoms with van der Waals surface area (Å²) in [7, 11) is 0. The smallest absolute Gasteiger partial charge is 0.320 e. The van der Waals surface area contributed by atoms with E-state index in [1.54, 1.807) is 24.3 Å². The summed E-state index contributed by atoms with van der Waals surface area (Å²) in [5.74, 6) is -2.95. The van der Waals surface area contributed by atoms with Crippen molar-refractivity contribution in [2.75, 3.05) is 23.8 Å². The Morgan fingerprint density at radius 2 is 1.02 bits per heavy atom. The van der Waals surface area contributed by atoms with Crippen LogP contribution in [-0.4, -0.2) is 79.4 Å². The maximum atomic E-state index is 13.3. The van der Waals surface area contributed by atoms with Crippen LogP contribution < -0.4 is 21.3 Å². The predicted molar refractivity (Wildman–Crippen MR) is 195 cm³/mol. The number of rotatable bonds is 17. The fourth-order valence-electron chi connectivity index (χ4n) is 5.64. The normalized spacial score (nSPS) is 12.2. The monoisotopic (exact) mass is 712 g/mol. The molecule has 2 atom stereocenters. The number of hydrogen-bond acceptors (Lipinski definition) is 10. The van der Waals surface area contributed by atoms with E-state index in [9.17, 15) is 29.4 Å². The molecular formula is C38H44N6O8. The first-order chi connectivity index (χ1) is 24.8. The fourth-order valence-corrected chi connectivity index (χ4v) is 5.64. The van der Waals surface area contributed by atoms with Gasteiger partial charge in [-0.25, -0.2) is 0 Å². The molecule has 2 amide bonds. The van der Waals surface area contributed by atoms with Gasteiger partial charge in [-0.05, 0) is 109 Å². The van der Waals surface area contributed by atoms with E-state index < -0.39 is 35.8 Å². The Bertz CT molecular complexity index is 1810. The number of aliphatic hydroxyl groups is 2. The van der Waals surface area contributed by atoms with Gasteiger partial charge in [0.15, 0.2) is 0 Å². The number of carbonyl (C=O) groups is 4. The molecule has 2 aromatic carbocycles. The number of amides is 2. The van der Waals surface area contributed by atoms with Crippen molar-refractivity contribution in [3.63, 3.8) is 0 Å². The summed E-state index contributed by atoms with van der Waals surface area (Å²) in [5.41, 5.74) is 7.79. The van der Waals surface area contributed by atoms with E-state index in [4.69, 9.17) is 10.2 Å². The third-order valence-electron chi connectivity index (χ3n) is 8.87. The maximum Gasteiger partial charge on any atom is 0.320 e. The zero-order valence-electron chi connectivity index (χ0n) is 29.5. The summed E-state index contributed by atoms with van der Waals surface area (Å²) in [6.45, 7) is 7.29. The van der Waals surface area contributed by atoms with Crippen molar-refractivity contribution in [3.05, 3.63) is 106 Å². The van der Waals surface area contributed by atoms with Crippen LogP contribution in [0.25, 0.3) is 11.1 Å². The second-order valence-corrected chi connectivity index (χ2v) is 12.4. The average molecular weight is 713 g/mol. The van der Waals surface area contributed by atoms with Crippen molar-refractivity contribution in [2.45, 2.75) is 65.7 Å². The molecule has 0 unspecified atom stereocenters. The molecule has 8 N–H and O–H groups in total. The van der Waals surface area contributed by atoms with Gasteiger partial charge < -0.3 is 41.7 Å². The van der Waals surface area contributed by atoms with Gasteiger partial charge in [0.05, 0.1) is 0 Å². The number of anilines is 2. The summed E-state index contributed by atoms with van der Waals surface area (Å²) in [6, 6.07) is 12.6. The molecule has 0 aliphatic rings. The largest absolute Gasteiger partial charge is 0.480 e. The van der Waals surface area contributed by atoms with Gasteiger partial charge in [-0.2, -0.15) is 0 Å². The number of pyridine rings is 2. The lowest BCUT2D eigenvalue weighted by molar-refractivity contribution is -0.140. The number of carboxylic acids is 2. The van der Waals surface area contributed by atoms with E-state index in [0.717, 1.165) is 44.5 Å².